The van der Waals surface area contributed by atoms with Crippen LogP contribution >= 0.6 is 11.3 Å². The molecule has 1 unspecified atom stereocenters. The Hall–Kier alpha value is -4.11. The summed E-state index contributed by atoms with van der Waals surface area (Å²) < 4.78 is 84.8. The van der Waals surface area contributed by atoms with Crippen molar-refractivity contribution in [2.24, 2.45) is 5.14 Å². The SMILES string of the molecule is N[S+]([O-])c1ccc(Cc2c(-c3ccc(F)c(-c4cccc(F)c4)c3)nn(-c3nc(C(=O)O)cs3)c2C(F)(F)F)cc1. The first-order valence-corrected chi connectivity index (χ1v) is 13.7. The van der Waals surface area contributed by atoms with Crippen molar-refractivity contribution in [1.82, 2.24) is 14.8 Å². The highest BCUT2D eigenvalue weighted by Crippen LogP contribution is 2.41. The Bertz CT molecular complexity index is 1750. The minimum Gasteiger partial charge on any atom is -0.593 e. The van der Waals surface area contributed by atoms with Crippen LogP contribution in [0.15, 0.2) is 77.0 Å². The number of hydrogen-bond acceptors (Lipinski definition) is 6. The second-order valence-corrected chi connectivity index (χ2v) is 10.6. The molecule has 0 amide bonds. The predicted octanol–water partition coefficient (Wildman–Crippen LogP) is 6.23. The van der Waals surface area contributed by atoms with Gasteiger partial charge in [0.05, 0.1) is 17.1 Å². The van der Waals surface area contributed by atoms with E-state index in [1.807, 2.05) is 0 Å². The van der Waals surface area contributed by atoms with Crippen molar-refractivity contribution in [3.63, 3.8) is 0 Å². The molecule has 0 bridgehead atoms. The summed E-state index contributed by atoms with van der Waals surface area (Å²) in [7, 11) is 0. The van der Waals surface area contributed by atoms with E-state index in [1.165, 1.54) is 54.6 Å². The van der Waals surface area contributed by atoms with Crippen molar-refractivity contribution in [2.75, 3.05) is 0 Å². The third-order valence-electron chi connectivity index (χ3n) is 6.06. The van der Waals surface area contributed by atoms with Gasteiger partial charge in [0.2, 0.25) is 5.13 Å². The molecule has 1 atom stereocenters. The number of alkyl halides is 3. The van der Waals surface area contributed by atoms with Crippen LogP contribution in [-0.4, -0.2) is 30.4 Å². The van der Waals surface area contributed by atoms with Gasteiger partial charge in [-0.15, -0.1) is 16.5 Å². The third kappa shape index (κ3) is 5.86. The molecule has 3 N–H and O–H groups in total. The Kier molecular flexibility index (Phi) is 7.66. The molecule has 5 rings (SSSR count). The van der Waals surface area contributed by atoms with E-state index in [4.69, 9.17) is 5.14 Å². The first-order valence-electron chi connectivity index (χ1n) is 11.6. The van der Waals surface area contributed by atoms with Gasteiger partial charge >= 0.3 is 12.1 Å². The molecule has 3 aromatic carbocycles. The highest BCUT2D eigenvalue weighted by atomic mass is 32.2. The van der Waals surface area contributed by atoms with E-state index in [0.717, 1.165) is 17.5 Å². The van der Waals surface area contributed by atoms with Crippen molar-refractivity contribution < 1.29 is 36.4 Å². The summed E-state index contributed by atoms with van der Waals surface area (Å²) in [6.07, 6.45) is -5.29. The van der Waals surface area contributed by atoms with E-state index in [0.29, 0.717) is 21.6 Å². The van der Waals surface area contributed by atoms with E-state index in [2.05, 4.69) is 10.1 Å². The van der Waals surface area contributed by atoms with Gasteiger partial charge in [0.15, 0.2) is 16.3 Å². The fourth-order valence-corrected chi connectivity index (χ4v) is 5.39. The minimum absolute atomic E-state index is 0.0618. The standard InChI is InChI=1S/C27H17F5N4O3S2/c28-17-3-1-2-15(11-17)19-12-16(6-9-21(19)29)23-20(10-14-4-7-18(8-5-14)41(33)39)24(27(30,31)32)36(35-23)26-34-22(13-40-26)25(37)38/h1-9,11-13H,10,33H2,(H,37,38). The lowest BCUT2D eigenvalue weighted by Gasteiger charge is -2.12. The van der Waals surface area contributed by atoms with Crippen LogP contribution in [0.5, 0.6) is 0 Å². The van der Waals surface area contributed by atoms with Gasteiger partial charge in [-0.1, -0.05) is 24.3 Å². The van der Waals surface area contributed by atoms with Crippen LogP contribution in [0.4, 0.5) is 22.0 Å². The lowest BCUT2D eigenvalue weighted by Crippen LogP contribution is -2.16. The number of aromatic carboxylic acids is 1. The van der Waals surface area contributed by atoms with Crippen molar-refractivity contribution >= 4 is 28.7 Å². The molecular weight excluding hydrogens is 587 g/mol. The summed E-state index contributed by atoms with van der Waals surface area (Å²) in [6, 6.07) is 14.4. The zero-order valence-corrected chi connectivity index (χ0v) is 22.2. The number of nitrogens with zero attached hydrogens (tertiary/aromatic N) is 3. The van der Waals surface area contributed by atoms with Crippen LogP contribution < -0.4 is 5.14 Å². The van der Waals surface area contributed by atoms with E-state index in [-0.39, 0.29) is 44.4 Å². The van der Waals surface area contributed by atoms with Crippen molar-refractivity contribution in [3.8, 4) is 27.5 Å². The normalized spacial score (nSPS) is 12.5. The number of carboxylic acids is 1. The first kappa shape index (κ1) is 28.4. The van der Waals surface area contributed by atoms with Gasteiger partial charge in [-0.25, -0.2) is 23.2 Å². The summed E-state index contributed by atoms with van der Waals surface area (Å²) >= 11 is -1.14. The lowest BCUT2D eigenvalue weighted by molar-refractivity contribution is -0.143. The van der Waals surface area contributed by atoms with Gasteiger partial charge in [0.1, 0.15) is 11.6 Å². The topological polar surface area (TPSA) is 117 Å². The van der Waals surface area contributed by atoms with Gasteiger partial charge < -0.3 is 9.66 Å². The highest BCUT2D eigenvalue weighted by Gasteiger charge is 2.41. The van der Waals surface area contributed by atoms with E-state index in [9.17, 15) is 36.4 Å². The number of aromatic nitrogens is 3. The largest absolute Gasteiger partial charge is 0.593 e. The maximum atomic E-state index is 14.8. The highest BCUT2D eigenvalue weighted by molar-refractivity contribution is 7.89. The molecule has 2 aromatic heterocycles. The number of hydrogen-bond donors (Lipinski definition) is 2. The van der Waals surface area contributed by atoms with Gasteiger partial charge in [0.25, 0.3) is 0 Å². The van der Waals surface area contributed by atoms with Crippen molar-refractivity contribution in [1.29, 1.82) is 0 Å². The maximum Gasteiger partial charge on any atom is 0.433 e. The second kappa shape index (κ2) is 11.0. The number of rotatable bonds is 7. The number of thiazole rings is 1. The molecule has 0 aliphatic heterocycles. The summed E-state index contributed by atoms with van der Waals surface area (Å²) in [6.45, 7) is 0. The van der Waals surface area contributed by atoms with Gasteiger partial charge in [0, 0.05) is 28.5 Å². The second-order valence-electron chi connectivity index (χ2n) is 8.73. The third-order valence-corrected chi connectivity index (χ3v) is 7.61. The zero-order valence-electron chi connectivity index (χ0n) is 20.5. The van der Waals surface area contributed by atoms with Crippen LogP contribution in [0.1, 0.15) is 27.3 Å². The molecule has 0 aliphatic carbocycles. The first-order chi connectivity index (χ1) is 19.4. The van der Waals surface area contributed by atoms with E-state index in [1.54, 1.807) is 0 Å². The monoisotopic (exact) mass is 604 g/mol. The molecule has 0 spiro atoms. The number of halogens is 5. The molecule has 0 aliphatic rings. The van der Waals surface area contributed by atoms with E-state index >= 15 is 0 Å². The van der Waals surface area contributed by atoms with Crippen molar-refractivity contribution in [3.05, 3.63) is 106 Å². The maximum absolute atomic E-state index is 14.8. The molecule has 2 heterocycles. The van der Waals surface area contributed by atoms with Crippen LogP contribution in [-0.2, 0) is 24.0 Å². The quantitative estimate of drug-likeness (QED) is 0.168. The number of carboxylic acid groups (broad SMARTS) is 1. The van der Waals surface area contributed by atoms with Crippen LogP contribution in [0.2, 0.25) is 0 Å². The Morgan fingerprint density at radius 3 is 2.39 bits per heavy atom. The molecule has 14 heteroatoms. The fourth-order valence-electron chi connectivity index (χ4n) is 4.23. The average molecular weight is 605 g/mol. The Morgan fingerprint density at radius 2 is 1.78 bits per heavy atom. The molecule has 210 valence electrons. The molecule has 7 nitrogen and oxygen atoms in total. The Labute approximate surface area is 236 Å². The van der Waals surface area contributed by atoms with Gasteiger partial charge in [-0.2, -0.15) is 18.3 Å². The molecule has 0 fully saturated rings. The zero-order chi connectivity index (χ0) is 29.5. The van der Waals surface area contributed by atoms with E-state index < -0.39 is 46.5 Å². The minimum atomic E-state index is -4.97. The lowest BCUT2D eigenvalue weighted by atomic mass is 9.96. The number of nitrogens with two attached hydrogens (primary N) is 1. The Morgan fingerprint density at radius 1 is 1.05 bits per heavy atom. The van der Waals surface area contributed by atoms with Gasteiger partial charge in [-0.05, 0) is 53.6 Å². The predicted molar refractivity (Wildman–Crippen MR) is 142 cm³/mol. The van der Waals surface area contributed by atoms with Crippen LogP contribution in [0, 0.1) is 11.6 Å². The number of carbonyl (C=O) groups is 1. The smallest absolute Gasteiger partial charge is 0.433 e. The molecule has 0 radical (unpaired) electrons. The molecule has 0 saturated carbocycles. The van der Waals surface area contributed by atoms with Crippen LogP contribution in [0.25, 0.3) is 27.5 Å². The average Bonchev–Trinajstić information content (AvgIpc) is 3.55. The molecule has 5 aromatic rings. The summed E-state index contributed by atoms with van der Waals surface area (Å²) in [4.78, 5) is 15.4. The molecule has 41 heavy (non-hydrogen) atoms. The molecule has 0 saturated heterocycles. The summed E-state index contributed by atoms with van der Waals surface area (Å²) in [5.74, 6) is -2.78. The summed E-state index contributed by atoms with van der Waals surface area (Å²) in [5, 5.41) is 19.6. The number of benzene rings is 3. The van der Waals surface area contributed by atoms with Gasteiger partial charge in [-0.3, -0.25) is 0 Å². The molecular formula is C27H17F5N4O3S2. The van der Waals surface area contributed by atoms with Crippen LogP contribution in [0.3, 0.4) is 0 Å². The summed E-state index contributed by atoms with van der Waals surface area (Å²) in [5.41, 5.74) is -1.55. The van der Waals surface area contributed by atoms with Crippen molar-refractivity contribution in [2.45, 2.75) is 17.5 Å². The fraction of sp³-hybridized carbons (Fsp3) is 0.0741. The Balaban J connectivity index is 1.74.